The first-order valence-electron chi connectivity index (χ1n) is 10.6. The second kappa shape index (κ2) is 8.27. The van der Waals surface area contributed by atoms with E-state index in [-0.39, 0.29) is 17.5 Å². The van der Waals surface area contributed by atoms with E-state index in [4.69, 9.17) is 9.52 Å². The number of oxazole rings is 1. The van der Waals surface area contributed by atoms with Gasteiger partial charge in [0.2, 0.25) is 5.89 Å². The number of carboxylic acids is 1. The summed E-state index contributed by atoms with van der Waals surface area (Å²) in [7, 11) is 0. The van der Waals surface area contributed by atoms with Gasteiger partial charge in [-0.25, -0.2) is 9.78 Å². The summed E-state index contributed by atoms with van der Waals surface area (Å²) in [6, 6.07) is 21.4. The van der Waals surface area contributed by atoms with Gasteiger partial charge >= 0.3 is 5.97 Å². The molecule has 0 fully saturated rings. The summed E-state index contributed by atoms with van der Waals surface area (Å²) >= 11 is 0. The lowest BCUT2D eigenvalue weighted by molar-refractivity contribution is 0.0696. The summed E-state index contributed by atoms with van der Waals surface area (Å²) in [5.74, 6) is -0.631. The number of aromatic carboxylic acids is 1. The second-order valence-corrected chi connectivity index (χ2v) is 7.88. The molecule has 1 atom stereocenters. The molecule has 7 heteroatoms. The zero-order valence-electron chi connectivity index (χ0n) is 17.9. The van der Waals surface area contributed by atoms with Crippen LogP contribution in [0.5, 0.6) is 0 Å². The molecule has 3 aromatic carbocycles. The van der Waals surface area contributed by atoms with Crippen LogP contribution in [0.3, 0.4) is 0 Å². The summed E-state index contributed by atoms with van der Waals surface area (Å²) in [4.78, 5) is 28.8. The highest BCUT2D eigenvalue weighted by Gasteiger charge is 2.18. The van der Waals surface area contributed by atoms with Gasteiger partial charge in [0.05, 0.1) is 29.2 Å². The van der Waals surface area contributed by atoms with Gasteiger partial charge in [-0.05, 0) is 48.9 Å². The van der Waals surface area contributed by atoms with E-state index >= 15 is 0 Å². The van der Waals surface area contributed by atoms with Gasteiger partial charge in [-0.15, -0.1) is 0 Å². The topological polar surface area (TPSA) is 97.4 Å². The number of carbonyl (C=O) groups excluding carboxylic acids is 1. The highest BCUT2D eigenvalue weighted by molar-refractivity contribution is 6.06. The van der Waals surface area contributed by atoms with Crippen molar-refractivity contribution in [1.82, 2.24) is 14.9 Å². The quantitative estimate of drug-likeness (QED) is 0.387. The van der Waals surface area contributed by atoms with E-state index in [0.717, 1.165) is 27.6 Å². The number of aromatic nitrogens is 2. The van der Waals surface area contributed by atoms with Gasteiger partial charge in [-0.2, -0.15) is 0 Å². The molecule has 1 amide bonds. The fourth-order valence-electron chi connectivity index (χ4n) is 3.98. The number of hydrogen-bond donors (Lipinski definition) is 2. The van der Waals surface area contributed by atoms with Crippen molar-refractivity contribution in [1.29, 1.82) is 0 Å². The van der Waals surface area contributed by atoms with Crippen molar-refractivity contribution in [3.8, 4) is 0 Å². The molecule has 2 aromatic heterocycles. The number of para-hydroxylation sites is 3. The fraction of sp³-hybridized carbons (Fsp3) is 0.115. The Morgan fingerprint density at radius 2 is 1.82 bits per heavy atom. The molecule has 0 unspecified atom stereocenters. The molecule has 5 rings (SSSR count). The normalized spacial score (nSPS) is 12.2. The molecule has 0 saturated carbocycles. The largest absolute Gasteiger partial charge is 0.478 e. The van der Waals surface area contributed by atoms with E-state index in [0.29, 0.717) is 18.0 Å². The molecule has 5 aromatic rings. The first kappa shape index (κ1) is 20.5. The van der Waals surface area contributed by atoms with Crippen LogP contribution in [0, 0.1) is 0 Å². The third-order valence-corrected chi connectivity index (χ3v) is 5.68. The van der Waals surface area contributed by atoms with Crippen molar-refractivity contribution in [3.63, 3.8) is 0 Å². The summed E-state index contributed by atoms with van der Waals surface area (Å²) in [5, 5.41) is 13.0. The van der Waals surface area contributed by atoms with Crippen LogP contribution >= 0.6 is 0 Å². The van der Waals surface area contributed by atoms with Crippen molar-refractivity contribution in [3.05, 3.63) is 102 Å². The Labute approximate surface area is 189 Å². The Morgan fingerprint density at radius 3 is 2.58 bits per heavy atom. The number of nitrogens with zero attached hydrogens (tertiary/aromatic N) is 2. The van der Waals surface area contributed by atoms with Crippen LogP contribution < -0.4 is 5.32 Å². The predicted molar refractivity (Wildman–Crippen MR) is 124 cm³/mol. The molecule has 0 saturated heterocycles. The molecule has 33 heavy (non-hydrogen) atoms. The monoisotopic (exact) mass is 439 g/mol. The third kappa shape index (κ3) is 3.96. The number of carboxylic acid groups (broad SMARTS) is 1. The summed E-state index contributed by atoms with van der Waals surface area (Å²) in [6.45, 7) is 2.26. The van der Waals surface area contributed by atoms with Gasteiger partial charge in [-0.3, -0.25) is 4.79 Å². The number of amides is 1. The van der Waals surface area contributed by atoms with Gasteiger partial charge in [-0.1, -0.05) is 36.4 Å². The average molecular weight is 439 g/mol. The van der Waals surface area contributed by atoms with E-state index in [9.17, 15) is 9.59 Å². The molecule has 0 radical (unpaired) electrons. The number of nitrogens with one attached hydrogen (secondary N) is 1. The van der Waals surface area contributed by atoms with E-state index in [1.165, 1.54) is 12.1 Å². The van der Waals surface area contributed by atoms with Crippen molar-refractivity contribution in [2.45, 2.75) is 19.5 Å². The lowest BCUT2D eigenvalue weighted by Crippen LogP contribution is -2.27. The Balaban J connectivity index is 1.42. The minimum atomic E-state index is -0.982. The molecule has 0 aliphatic rings. The molecular formula is C26H21N3O4. The number of rotatable bonds is 6. The Bertz CT molecular complexity index is 1450. The average Bonchev–Trinajstić information content (AvgIpc) is 3.42. The summed E-state index contributed by atoms with van der Waals surface area (Å²) in [6.07, 6.45) is 1.92. The zero-order chi connectivity index (χ0) is 22.9. The van der Waals surface area contributed by atoms with Crippen molar-refractivity contribution in [2.24, 2.45) is 0 Å². The number of carbonyl (C=O) groups is 2. The van der Waals surface area contributed by atoms with Crippen molar-refractivity contribution >= 4 is 33.9 Å². The maximum absolute atomic E-state index is 13.2. The van der Waals surface area contributed by atoms with Crippen LogP contribution in [-0.4, -0.2) is 26.5 Å². The molecule has 0 spiro atoms. The molecule has 0 aliphatic heterocycles. The van der Waals surface area contributed by atoms with Crippen LogP contribution in [0.2, 0.25) is 0 Å². The standard InChI is InChI=1S/C26H21N3O4/c1-16(17-9-11-19(12-10-17)26(31)32)27-25(30)20-6-4-5-18-13-14-29(24(18)20)15-23-28-21-7-2-3-8-22(21)33-23/h2-14,16H,15H2,1H3,(H,27,30)(H,31,32)/t16-/m0/s1. The highest BCUT2D eigenvalue weighted by Crippen LogP contribution is 2.24. The van der Waals surface area contributed by atoms with Gasteiger partial charge in [0, 0.05) is 11.6 Å². The first-order valence-corrected chi connectivity index (χ1v) is 10.6. The number of benzene rings is 3. The van der Waals surface area contributed by atoms with Gasteiger partial charge < -0.3 is 19.4 Å². The van der Waals surface area contributed by atoms with Crippen molar-refractivity contribution < 1.29 is 19.1 Å². The summed E-state index contributed by atoms with van der Waals surface area (Å²) in [5.41, 5.74) is 3.89. The molecular weight excluding hydrogens is 418 g/mol. The van der Waals surface area contributed by atoms with Crippen LogP contribution in [0.4, 0.5) is 0 Å². The smallest absolute Gasteiger partial charge is 0.335 e. The van der Waals surface area contributed by atoms with Crippen LogP contribution in [0.25, 0.3) is 22.0 Å². The van der Waals surface area contributed by atoms with Crippen LogP contribution in [-0.2, 0) is 6.54 Å². The van der Waals surface area contributed by atoms with Gasteiger partial charge in [0.25, 0.3) is 5.91 Å². The second-order valence-electron chi connectivity index (χ2n) is 7.88. The lowest BCUT2D eigenvalue weighted by atomic mass is 10.0. The van der Waals surface area contributed by atoms with E-state index in [1.54, 1.807) is 18.2 Å². The number of fused-ring (bicyclic) bond motifs is 2. The number of hydrogen-bond acceptors (Lipinski definition) is 4. The van der Waals surface area contributed by atoms with E-state index in [1.807, 2.05) is 60.2 Å². The first-order chi connectivity index (χ1) is 16.0. The Morgan fingerprint density at radius 1 is 1.03 bits per heavy atom. The van der Waals surface area contributed by atoms with Crippen LogP contribution in [0.1, 0.15) is 45.1 Å². The van der Waals surface area contributed by atoms with E-state index < -0.39 is 5.97 Å². The minimum Gasteiger partial charge on any atom is -0.478 e. The predicted octanol–water partition coefficient (Wildman–Crippen LogP) is 5.02. The summed E-state index contributed by atoms with van der Waals surface area (Å²) < 4.78 is 7.82. The Hall–Kier alpha value is -4.39. The molecule has 2 heterocycles. The molecule has 7 nitrogen and oxygen atoms in total. The molecule has 0 bridgehead atoms. The Kier molecular flexibility index (Phi) is 5.14. The van der Waals surface area contributed by atoms with E-state index in [2.05, 4.69) is 10.3 Å². The van der Waals surface area contributed by atoms with Gasteiger partial charge in [0.1, 0.15) is 5.52 Å². The maximum atomic E-state index is 13.2. The maximum Gasteiger partial charge on any atom is 0.335 e. The molecule has 2 N–H and O–H groups in total. The van der Waals surface area contributed by atoms with Gasteiger partial charge in [0.15, 0.2) is 5.58 Å². The zero-order valence-corrected chi connectivity index (χ0v) is 17.9. The fourth-order valence-corrected chi connectivity index (χ4v) is 3.98. The van der Waals surface area contributed by atoms with Crippen molar-refractivity contribution in [2.75, 3.05) is 0 Å². The SMILES string of the molecule is C[C@H](NC(=O)c1cccc2ccn(Cc3nc4ccccc4o3)c12)c1ccc(C(=O)O)cc1. The highest BCUT2D eigenvalue weighted by atomic mass is 16.4. The molecule has 0 aliphatic carbocycles. The lowest BCUT2D eigenvalue weighted by Gasteiger charge is -2.16. The third-order valence-electron chi connectivity index (χ3n) is 5.68. The minimum absolute atomic E-state index is 0.207. The van der Waals surface area contributed by atoms with Crippen LogP contribution in [0.15, 0.2) is 83.4 Å². The molecule has 164 valence electrons.